The first-order valence-electron chi connectivity index (χ1n) is 6.09. The van der Waals surface area contributed by atoms with Crippen LogP contribution in [-0.4, -0.2) is 21.9 Å². The lowest BCUT2D eigenvalue weighted by molar-refractivity contribution is -0.385. The fourth-order valence-electron chi connectivity index (χ4n) is 1.76. The summed E-state index contributed by atoms with van der Waals surface area (Å²) in [5.41, 5.74) is 1.38. The van der Waals surface area contributed by atoms with E-state index >= 15 is 0 Å². The fraction of sp³-hybridized carbons (Fsp3) is 0.231. The van der Waals surface area contributed by atoms with Crippen LogP contribution in [0, 0.1) is 17.0 Å². The SMILES string of the molecule is CNCc1cnc(Oc2c(C)cc(Br)cc2[N+](=O)[O-])nc1. The molecule has 1 aromatic carbocycles. The molecule has 0 radical (unpaired) electrons. The molecule has 21 heavy (non-hydrogen) atoms. The van der Waals surface area contributed by atoms with E-state index in [0.717, 1.165) is 5.56 Å². The summed E-state index contributed by atoms with van der Waals surface area (Å²) in [6.07, 6.45) is 3.22. The summed E-state index contributed by atoms with van der Waals surface area (Å²) in [5, 5.41) is 14.1. The Morgan fingerprint density at radius 3 is 2.62 bits per heavy atom. The molecule has 0 unspecified atom stereocenters. The van der Waals surface area contributed by atoms with E-state index in [0.29, 0.717) is 16.6 Å². The lowest BCUT2D eigenvalue weighted by Gasteiger charge is -2.08. The Morgan fingerprint density at radius 1 is 1.38 bits per heavy atom. The van der Waals surface area contributed by atoms with Gasteiger partial charge in [0.1, 0.15) is 0 Å². The lowest BCUT2D eigenvalue weighted by atomic mass is 10.2. The molecule has 0 aliphatic rings. The molecule has 8 heteroatoms. The highest BCUT2D eigenvalue weighted by Crippen LogP contribution is 2.36. The molecular weight excluding hydrogens is 340 g/mol. The summed E-state index contributed by atoms with van der Waals surface area (Å²) in [5.74, 6) is 0.143. The summed E-state index contributed by atoms with van der Waals surface area (Å²) < 4.78 is 6.10. The number of ether oxygens (including phenoxy) is 1. The van der Waals surface area contributed by atoms with Crippen molar-refractivity contribution in [3.63, 3.8) is 0 Å². The van der Waals surface area contributed by atoms with Crippen molar-refractivity contribution in [3.05, 3.63) is 50.2 Å². The fourth-order valence-corrected chi connectivity index (χ4v) is 2.32. The number of nitrogens with one attached hydrogen (secondary N) is 1. The number of aromatic nitrogens is 2. The molecule has 7 nitrogen and oxygen atoms in total. The highest BCUT2D eigenvalue weighted by Gasteiger charge is 2.20. The van der Waals surface area contributed by atoms with Crippen LogP contribution in [0.4, 0.5) is 5.69 Å². The number of halogens is 1. The van der Waals surface area contributed by atoms with Crippen molar-refractivity contribution in [2.75, 3.05) is 7.05 Å². The number of hydrogen-bond donors (Lipinski definition) is 1. The zero-order chi connectivity index (χ0) is 15.4. The van der Waals surface area contributed by atoms with Crippen LogP contribution < -0.4 is 10.1 Å². The predicted octanol–water partition coefficient (Wildman–Crippen LogP) is 2.97. The first-order chi connectivity index (χ1) is 10.0. The van der Waals surface area contributed by atoms with Crippen molar-refractivity contribution < 1.29 is 9.66 Å². The van der Waals surface area contributed by atoms with Gasteiger partial charge in [0.15, 0.2) is 0 Å². The van der Waals surface area contributed by atoms with Gasteiger partial charge in [0, 0.05) is 40.6 Å². The summed E-state index contributed by atoms with van der Waals surface area (Å²) in [6.45, 7) is 2.36. The molecule has 0 aliphatic carbocycles. The van der Waals surface area contributed by atoms with E-state index in [1.165, 1.54) is 6.07 Å². The molecule has 0 saturated heterocycles. The smallest absolute Gasteiger partial charge is 0.322 e. The minimum atomic E-state index is -0.498. The lowest BCUT2D eigenvalue weighted by Crippen LogP contribution is -2.06. The summed E-state index contributed by atoms with van der Waals surface area (Å²) in [4.78, 5) is 18.7. The maximum Gasteiger partial charge on any atom is 0.322 e. The molecule has 0 bridgehead atoms. The number of rotatable bonds is 5. The Bertz CT molecular complexity index is 661. The molecule has 2 aromatic rings. The van der Waals surface area contributed by atoms with E-state index < -0.39 is 4.92 Å². The van der Waals surface area contributed by atoms with Gasteiger partial charge >= 0.3 is 11.7 Å². The van der Waals surface area contributed by atoms with Gasteiger partial charge in [-0.1, -0.05) is 15.9 Å². The molecule has 1 aromatic heterocycles. The van der Waals surface area contributed by atoms with Gasteiger partial charge in [-0.05, 0) is 20.0 Å². The Kier molecular flexibility index (Phi) is 4.81. The largest absolute Gasteiger partial charge is 0.417 e. The second kappa shape index (κ2) is 6.59. The van der Waals surface area contributed by atoms with Crippen molar-refractivity contribution in [2.45, 2.75) is 13.5 Å². The normalized spacial score (nSPS) is 10.4. The van der Waals surface area contributed by atoms with Gasteiger partial charge in [-0.25, -0.2) is 9.97 Å². The molecule has 0 fully saturated rings. The van der Waals surface area contributed by atoms with Gasteiger partial charge in [-0.15, -0.1) is 0 Å². The molecule has 1 N–H and O–H groups in total. The average Bonchev–Trinajstić information content (AvgIpc) is 2.43. The molecule has 0 atom stereocenters. The van der Waals surface area contributed by atoms with Crippen LogP contribution in [0.2, 0.25) is 0 Å². The van der Waals surface area contributed by atoms with Crippen LogP contribution in [-0.2, 0) is 6.54 Å². The molecule has 0 amide bonds. The van der Waals surface area contributed by atoms with Crippen LogP contribution in [0.3, 0.4) is 0 Å². The Labute approximate surface area is 129 Å². The zero-order valence-electron chi connectivity index (χ0n) is 11.5. The zero-order valence-corrected chi connectivity index (χ0v) is 13.0. The minimum absolute atomic E-state index is 0.0726. The number of nitro benzene ring substituents is 1. The third-order valence-corrected chi connectivity index (χ3v) is 3.13. The standard InChI is InChI=1S/C13H13BrN4O3/c1-8-3-10(14)4-11(18(19)20)12(8)21-13-16-6-9(5-15-2)7-17-13/h3-4,6-7,15H,5H2,1-2H3. The third kappa shape index (κ3) is 3.73. The van der Waals surface area contributed by atoms with Crippen LogP contribution in [0.1, 0.15) is 11.1 Å². The minimum Gasteiger partial charge on any atom is -0.417 e. The van der Waals surface area contributed by atoms with Gasteiger partial charge in [-0.3, -0.25) is 10.1 Å². The van der Waals surface area contributed by atoms with E-state index in [4.69, 9.17) is 4.74 Å². The van der Waals surface area contributed by atoms with E-state index in [2.05, 4.69) is 31.2 Å². The summed E-state index contributed by atoms with van der Waals surface area (Å²) >= 11 is 3.23. The van der Waals surface area contributed by atoms with Gasteiger partial charge in [0.2, 0.25) is 5.75 Å². The van der Waals surface area contributed by atoms with E-state index in [1.54, 1.807) is 25.4 Å². The maximum absolute atomic E-state index is 11.1. The maximum atomic E-state index is 11.1. The number of nitro groups is 1. The van der Waals surface area contributed by atoms with Crippen molar-refractivity contribution in [2.24, 2.45) is 0 Å². The highest BCUT2D eigenvalue weighted by molar-refractivity contribution is 9.10. The van der Waals surface area contributed by atoms with E-state index in [-0.39, 0.29) is 17.4 Å². The number of benzene rings is 1. The summed E-state index contributed by atoms with van der Waals surface area (Å²) in [7, 11) is 1.82. The number of aryl methyl sites for hydroxylation is 1. The van der Waals surface area contributed by atoms with Crippen LogP contribution >= 0.6 is 15.9 Å². The van der Waals surface area contributed by atoms with Crippen LogP contribution in [0.5, 0.6) is 11.8 Å². The Balaban J connectivity index is 2.32. The summed E-state index contributed by atoms with van der Waals surface area (Å²) in [6, 6.07) is 3.19. The number of nitrogens with zero attached hydrogens (tertiary/aromatic N) is 3. The highest BCUT2D eigenvalue weighted by atomic mass is 79.9. The number of hydrogen-bond acceptors (Lipinski definition) is 6. The van der Waals surface area contributed by atoms with E-state index in [9.17, 15) is 10.1 Å². The van der Waals surface area contributed by atoms with Crippen molar-refractivity contribution >= 4 is 21.6 Å². The van der Waals surface area contributed by atoms with Crippen molar-refractivity contribution in [1.29, 1.82) is 0 Å². The monoisotopic (exact) mass is 352 g/mol. The topological polar surface area (TPSA) is 90.2 Å². The van der Waals surface area contributed by atoms with Crippen LogP contribution in [0.25, 0.3) is 0 Å². The average molecular weight is 353 g/mol. The molecule has 1 heterocycles. The molecule has 0 spiro atoms. The first kappa shape index (κ1) is 15.3. The Morgan fingerprint density at radius 2 is 2.05 bits per heavy atom. The molecule has 0 saturated carbocycles. The second-order valence-corrected chi connectivity index (χ2v) is 5.25. The first-order valence-corrected chi connectivity index (χ1v) is 6.88. The van der Waals surface area contributed by atoms with Crippen molar-refractivity contribution in [1.82, 2.24) is 15.3 Å². The van der Waals surface area contributed by atoms with Gasteiger partial charge in [0.25, 0.3) is 0 Å². The quantitative estimate of drug-likeness (QED) is 0.657. The van der Waals surface area contributed by atoms with E-state index in [1.807, 2.05) is 7.05 Å². The molecule has 0 aliphatic heterocycles. The van der Waals surface area contributed by atoms with Gasteiger partial charge < -0.3 is 10.1 Å². The van der Waals surface area contributed by atoms with Gasteiger partial charge in [-0.2, -0.15) is 0 Å². The third-order valence-electron chi connectivity index (χ3n) is 2.67. The van der Waals surface area contributed by atoms with Crippen LogP contribution in [0.15, 0.2) is 29.0 Å². The second-order valence-electron chi connectivity index (χ2n) is 4.33. The molecule has 2 rings (SSSR count). The predicted molar refractivity (Wildman–Crippen MR) is 80.4 cm³/mol. The molecular formula is C13H13BrN4O3. The molecule has 110 valence electrons. The van der Waals surface area contributed by atoms with Gasteiger partial charge in [0.05, 0.1) is 4.92 Å². The van der Waals surface area contributed by atoms with Crippen molar-refractivity contribution in [3.8, 4) is 11.8 Å². The Hall–Kier alpha value is -2.06.